The first-order valence-corrected chi connectivity index (χ1v) is 15.7. The second-order valence-corrected chi connectivity index (χ2v) is 11.9. The highest BCUT2D eigenvalue weighted by Gasteiger charge is 2.37. The summed E-state index contributed by atoms with van der Waals surface area (Å²) in [6.45, 7) is 1.45. The van der Waals surface area contributed by atoms with Crippen molar-refractivity contribution in [2.24, 2.45) is 0 Å². The second-order valence-electron chi connectivity index (χ2n) is 11.9. The minimum atomic E-state index is -0.746. The third-order valence-electron chi connectivity index (χ3n) is 8.73. The standard InChI is InChI=1S/C32H26N8O12.2ClH/c41-29-23-13-19(37(45)46)9-17-10-20(38(47)48)14-24(27(17)23)30(42)35(29)7-1-3-33-5-6-34-4-2-8-36-31(43)25-15-21(39(49)50)11-18-12-22(40(51)52)16-26(28(18)25)32(36)44;;/h9-16,33-34H,1-8H2;2*1H. The molecule has 4 aromatic carbocycles. The fourth-order valence-electron chi connectivity index (χ4n) is 6.39. The van der Waals surface area contributed by atoms with E-state index in [1.807, 2.05) is 0 Å². The molecule has 2 heterocycles. The number of non-ortho nitro benzene ring substituents is 4. The smallest absolute Gasteiger partial charge is 0.270 e. The topological polar surface area (TPSA) is 271 Å². The SMILES string of the molecule is Cl.Cl.O=C1c2cc([N+](=O)[O-])cc3cc([N+](=O)[O-])cc(c23)C(=O)N1CCCNCCNCCCN1C(=O)c2cc([N+](=O)[O-])cc3cc([N+](=O)[O-])cc(c23)C1=O. The Hall–Kier alpha value is -6.22. The maximum atomic E-state index is 13.2. The van der Waals surface area contributed by atoms with Gasteiger partial charge in [0.1, 0.15) is 0 Å². The number of rotatable bonds is 15. The molecule has 4 aromatic rings. The van der Waals surface area contributed by atoms with Crippen LogP contribution in [0.5, 0.6) is 0 Å². The number of nitrogens with one attached hydrogen (secondary N) is 2. The largest absolute Gasteiger partial charge is 0.315 e. The summed E-state index contributed by atoms with van der Waals surface area (Å²) in [5.41, 5.74) is -2.16. The van der Waals surface area contributed by atoms with Gasteiger partial charge in [-0.1, -0.05) is 0 Å². The van der Waals surface area contributed by atoms with Gasteiger partial charge in [0.05, 0.1) is 41.9 Å². The van der Waals surface area contributed by atoms with Crippen molar-refractivity contribution in [1.29, 1.82) is 0 Å². The molecule has 4 amide bonds. The summed E-state index contributed by atoms with van der Waals surface area (Å²) in [6, 6.07) is 8.55. The molecule has 2 aliphatic heterocycles. The Morgan fingerprint density at radius 1 is 0.444 bits per heavy atom. The average molecular weight is 788 g/mol. The second kappa shape index (κ2) is 16.2. The molecule has 2 N–H and O–H groups in total. The van der Waals surface area contributed by atoms with E-state index in [4.69, 9.17) is 0 Å². The molecule has 0 aliphatic carbocycles. The zero-order valence-electron chi connectivity index (χ0n) is 27.7. The number of imide groups is 2. The van der Waals surface area contributed by atoms with Gasteiger partial charge in [0.2, 0.25) is 0 Å². The molecule has 282 valence electrons. The molecule has 6 rings (SSSR count). The number of benzene rings is 4. The number of carbonyl (C=O) groups is 4. The predicted molar refractivity (Wildman–Crippen MR) is 195 cm³/mol. The van der Waals surface area contributed by atoms with Crippen molar-refractivity contribution in [3.05, 3.63) is 111 Å². The van der Waals surface area contributed by atoms with Gasteiger partial charge in [0.15, 0.2) is 0 Å². The lowest BCUT2D eigenvalue weighted by atomic mass is 9.92. The first kappa shape index (κ1) is 40.5. The zero-order valence-corrected chi connectivity index (χ0v) is 29.3. The molecule has 54 heavy (non-hydrogen) atoms. The molecule has 0 saturated carbocycles. The van der Waals surface area contributed by atoms with Crippen LogP contribution in [0.3, 0.4) is 0 Å². The van der Waals surface area contributed by atoms with Crippen LogP contribution in [0.2, 0.25) is 0 Å². The molecule has 0 unspecified atom stereocenters. The van der Waals surface area contributed by atoms with Crippen LogP contribution in [0.1, 0.15) is 54.3 Å². The van der Waals surface area contributed by atoms with Crippen LogP contribution in [-0.4, -0.2) is 92.4 Å². The van der Waals surface area contributed by atoms with Crippen LogP contribution in [0.15, 0.2) is 48.5 Å². The van der Waals surface area contributed by atoms with Gasteiger partial charge in [-0.15, -0.1) is 24.8 Å². The Morgan fingerprint density at radius 2 is 0.704 bits per heavy atom. The predicted octanol–water partition coefficient (Wildman–Crippen LogP) is 4.32. The van der Waals surface area contributed by atoms with Crippen molar-refractivity contribution in [1.82, 2.24) is 20.4 Å². The van der Waals surface area contributed by atoms with E-state index < -0.39 is 66.1 Å². The van der Waals surface area contributed by atoms with E-state index >= 15 is 0 Å². The zero-order chi connectivity index (χ0) is 37.4. The highest BCUT2D eigenvalue weighted by atomic mass is 35.5. The maximum absolute atomic E-state index is 13.2. The van der Waals surface area contributed by atoms with E-state index in [0.29, 0.717) is 39.0 Å². The van der Waals surface area contributed by atoms with Crippen molar-refractivity contribution in [3.8, 4) is 0 Å². The fraction of sp³-hybridized carbons (Fsp3) is 0.250. The molecule has 0 saturated heterocycles. The monoisotopic (exact) mass is 786 g/mol. The average Bonchev–Trinajstić information content (AvgIpc) is 3.11. The van der Waals surface area contributed by atoms with Crippen LogP contribution in [0.25, 0.3) is 21.5 Å². The van der Waals surface area contributed by atoms with E-state index in [1.54, 1.807) is 0 Å². The van der Waals surface area contributed by atoms with Crippen molar-refractivity contribution in [2.45, 2.75) is 12.8 Å². The summed E-state index contributed by atoms with van der Waals surface area (Å²) in [4.78, 5) is 97.8. The Bertz CT molecular complexity index is 2010. The maximum Gasteiger partial charge on any atom is 0.270 e. The molecular weight excluding hydrogens is 759 g/mol. The fourth-order valence-corrected chi connectivity index (χ4v) is 6.39. The molecule has 22 heteroatoms. The highest BCUT2D eigenvalue weighted by Crippen LogP contribution is 2.38. The first-order chi connectivity index (χ1) is 24.8. The van der Waals surface area contributed by atoms with Gasteiger partial charge in [-0.05, 0) is 36.7 Å². The van der Waals surface area contributed by atoms with E-state index in [0.717, 1.165) is 58.3 Å². The number of hydrogen-bond donors (Lipinski definition) is 2. The van der Waals surface area contributed by atoms with Crippen LogP contribution < -0.4 is 10.6 Å². The quantitative estimate of drug-likeness (QED) is 0.0735. The Balaban J connectivity index is 0.00000325. The minimum Gasteiger partial charge on any atom is -0.315 e. The van der Waals surface area contributed by atoms with Gasteiger partial charge in [-0.3, -0.25) is 69.4 Å². The van der Waals surface area contributed by atoms with E-state index in [1.165, 1.54) is 0 Å². The van der Waals surface area contributed by atoms with Crippen LogP contribution in [0, 0.1) is 40.5 Å². The molecule has 0 spiro atoms. The van der Waals surface area contributed by atoms with Crippen molar-refractivity contribution < 1.29 is 38.9 Å². The first-order valence-electron chi connectivity index (χ1n) is 15.7. The molecule has 0 atom stereocenters. The van der Waals surface area contributed by atoms with Gasteiger partial charge >= 0.3 is 0 Å². The van der Waals surface area contributed by atoms with Crippen LogP contribution in [-0.2, 0) is 0 Å². The van der Waals surface area contributed by atoms with Gasteiger partial charge in [0, 0.05) is 85.5 Å². The highest BCUT2D eigenvalue weighted by molar-refractivity contribution is 6.27. The molecule has 20 nitrogen and oxygen atoms in total. The van der Waals surface area contributed by atoms with Gasteiger partial charge in [-0.2, -0.15) is 0 Å². The summed E-state index contributed by atoms with van der Waals surface area (Å²) < 4.78 is 0. The van der Waals surface area contributed by atoms with Crippen LogP contribution in [0.4, 0.5) is 22.7 Å². The molecule has 0 aromatic heterocycles. The molecular formula is C32H28Cl2N8O12. The van der Waals surface area contributed by atoms with Crippen molar-refractivity contribution in [3.63, 3.8) is 0 Å². The number of nitro groups is 4. The summed E-state index contributed by atoms with van der Waals surface area (Å²) >= 11 is 0. The third kappa shape index (κ3) is 7.48. The number of hydrogen-bond acceptors (Lipinski definition) is 14. The van der Waals surface area contributed by atoms with E-state index in [2.05, 4.69) is 10.6 Å². The minimum absolute atomic E-state index is 0. The lowest BCUT2D eigenvalue weighted by Gasteiger charge is -2.27. The Kier molecular flexibility index (Phi) is 12.2. The normalized spacial score (nSPS) is 13.2. The number of amides is 4. The number of nitro benzene ring substituents is 4. The molecule has 2 aliphatic rings. The summed E-state index contributed by atoms with van der Waals surface area (Å²) in [7, 11) is 0. The molecule has 0 radical (unpaired) electrons. The number of halogens is 2. The molecule has 0 bridgehead atoms. The summed E-state index contributed by atoms with van der Waals surface area (Å²) in [5.74, 6) is -2.99. The summed E-state index contributed by atoms with van der Waals surface area (Å²) in [6.07, 6.45) is 0.590. The van der Waals surface area contributed by atoms with Crippen molar-refractivity contribution >= 4 is 92.7 Å². The van der Waals surface area contributed by atoms with Gasteiger partial charge < -0.3 is 10.6 Å². The van der Waals surface area contributed by atoms with E-state index in [-0.39, 0.29) is 81.7 Å². The number of carbonyl (C=O) groups excluding carboxylic acids is 4. The lowest BCUT2D eigenvalue weighted by Crippen LogP contribution is -2.42. The van der Waals surface area contributed by atoms with Crippen LogP contribution >= 0.6 is 24.8 Å². The van der Waals surface area contributed by atoms with E-state index in [9.17, 15) is 59.6 Å². The van der Waals surface area contributed by atoms with Crippen molar-refractivity contribution in [2.75, 3.05) is 39.3 Å². The Morgan fingerprint density at radius 3 is 0.944 bits per heavy atom. The lowest BCUT2D eigenvalue weighted by molar-refractivity contribution is -0.385. The molecule has 0 fully saturated rings. The third-order valence-corrected chi connectivity index (χ3v) is 8.73. The van der Waals surface area contributed by atoms with Gasteiger partial charge in [-0.25, -0.2) is 0 Å². The Labute approximate surface area is 314 Å². The summed E-state index contributed by atoms with van der Waals surface area (Å²) in [5, 5.41) is 52.5. The van der Waals surface area contributed by atoms with Gasteiger partial charge in [0.25, 0.3) is 46.4 Å². The number of nitrogens with zero attached hydrogens (tertiary/aromatic N) is 6.